The lowest BCUT2D eigenvalue weighted by molar-refractivity contribution is -0.131. The van der Waals surface area contributed by atoms with E-state index in [9.17, 15) is 14.4 Å². The highest BCUT2D eigenvalue weighted by Crippen LogP contribution is 2.31. The van der Waals surface area contributed by atoms with E-state index in [-0.39, 0.29) is 17.2 Å². The summed E-state index contributed by atoms with van der Waals surface area (Å²) in [5.41, 5.74) is 1.49. The molecule has 6 nitrogen and oxygen atoms in total. The van der Waals surface area contributed by atoms with Gasteiger partial charge in [0.05, 0.1) is 0 Å². The van der Waals surface area contributed by atoms with Gasteiger partial charge in [0.1, 0.15) is 20.9 Å². The van der Waals surface area contributed by atoms with Gasteiger partial charge in [0.15, 0.2) is 0 Å². The quantitative estimate of drug-likeness (QED) is 0.169. The van der Waals surface area contributed by atoms with Gasteiger partial charge in [0.25, 0.3) is 0 Å². The lowest BCUT2D eigenvalue weighted by atomic mass is 10.1. The number of carbonyl (C=O) groups is 3. The summed E-state index contributed by atoms with van der Waals surface area (Å²) in [6.07, 6.45) is 2.06. The van der Waals surface area contributed by atoms with Crippen LogP contribution >= 0.6 is 32.9 Å². The van der Waals surface area contributed by atoms with Gasteiger partial charge in [-0.2, -0.15) is 0 Å². The predicted octanol–water partition coefficient (Wildman–Crippen LogP) is 6.48. The van der Waals surface area contributed by atoms with Gasteiger partial charge in [-0.1, -0.05) is 46.2 Å². The molecule has 0 aliphatic heterocycles. The minimum Gasteiger partial charge on any atom is -0.426 e. The first-order valence-electron chi connectivity index (χ1n) is 9.91. The number of ether oxygens (including phenoxy) is 2. The number of rotatable bonds is 8. The van der Waals surface area contributed by atoms with Gasteiger partial charge in [0, 0.05) is 30.0 Å². The van der Waals surface area contributed by atoms with Crippen LogP contribution in [0.5, 0.6) is 11.5 Å². The summed E-state index contributed by atoms with van der Waals surface area (Å²) in [6, 6.07) is 13.5. The van der Waals surface area contributed by atoms with Crippen molar-refractivity contribution in [2.75, 3.05) is 5.32 Å². The van der Waals surface area contributed by atoms with E-state index in [1.54, 1.807) is 28.5 Å². The van der Waals surface area contributed by atoms with Crippen LogP contribution in [0.25, 0.3) is 10.4 Å². The SMILES string of the molecule is CCCCC(=O)Nc1ccc(C(=O)Oc2ccc(-c3cc(=S)ss3)cc2)c(OC(C)=O)c1. The van der Waals surface area contributed by atoms with E-state index in [0.717, 1.165) is 27.1 Å². The van der Waals surface area contributed by atoms with Crippen LogP contribution < -0.4 is 14.8 Å². The molecular formula is C23H21NO5S3. The van der Waals surface area contributed by atoms with Crippen molar-refractivity contribution in [3.63, 3.8) is 0 Å². The fraction of sp³-hybridized carbons (Fsp3) is 0.217. The average molecular weight is 488 g/mol. The Hall–Kier alpha value is -2.88. The normalized spacial score (nSPS) is 10.4. The van der Waals surface area contributed by atoms with Crippen LogP contribution in [0.4, 0.5) is 5.69 Å². The monoisotopic (exact) mass is 487 g/mol. The van der Waals surface area contributed by atoms with Crippen molar-refractivity contribution in [3.8, 4) is 21.9 Å². The second kappa shape index (κ2) is 11.1. The van der Waals surface area contributed by atoms with E-state index >= 15 is 0 Å². The number of carbonyl (C=O) groups excluding carboxylic acids is 3. The molecule has 3 rings (SSSR count). The van der Waals surface area contributed by atoms with Crippen molar-refractivity contribution in [1.29, 1.82) is 0 Å². The van der Waals surface area contributed by atoms with E-state index in [1.165, 1.54) is 29.4 Å². The van der Waals surface area contributed by atoms with Crippen LogP contribution in [0.2, 0.25) is 0 Å². The first kappa shape index (κ1) is 23.8. The average Bonchev–Trinajstić information content (AvgIpc) is 3.18. The van der Waals surface area contributed by atoms with E-state index < -0.39 is 11.9 Å². The number of hydrogen-bond donors (Lipinski definition) is 1. The largest absolute Gasteiger partial charge is 0.426 e. The minimum absolute atomic E-state index is 0.0189. The number of unbranched alkanes of at least 4 members (excludes halogenated alkanes) is 1. The third kappa shape index (κ3) is 6.56. The Morgan fingerprint density at radius 2 is 1.75 bits per heavy atom. The van der Waals surface area contributed by atoms with Crippen LogP contribution in [0.1, 0.15) is 43.5 Å². The molecule has 1 aromatic heterocycles. The highest BCUT2D eigenvalue weighted by molar-refractivity contribution is 7.80. The summed E-state index contributed by atoms with van der Waals surface area (Å²) in [5, 5.41) is 2.74. The number of anilines is 1. The molecule has 3 aromatic rings. The minimum atomic E-state index is -0.677. The molecule has 0 bridgehead atoms. The fourth-order valence-electron chi connectivity index (χ4n) is 2.79. The Balaban J connectivity index is 1.76. The second-order valence-corrected chi connectivity index (χ2v) is 9.78. The molecule has 9 heteroatoms. The van der Waals surface area contributed by atoms with Crippen LogP contribution in [0.3, 0.4) is 0 Å². The van der Waals surface area contributed by atoms with Crippen molar-refractivity contribution in [1.82, 2.24) is 0 Å². The molecule has 0 fully saturated rings. The van der Waals surface area contributed by atoms with Crippen LogP contribution in [-0.4, -0.2) is 17.8 Å². The Labute approximate surface area is 198 Å². The topological polar surface area (TPSA) is 81.7 Å². The summed E-state index contributed by atoms with van der Waals surface area (Å²) in [5.74, 6) is -1.04. The molecule has 0 saturated carbocycles. The highest BCUT2D eigenvalue weighted by atomic mass is 32.9. The Kier molecular flexibility index (Phi) is 8.26. The maximum absolute atomic E-state index is 12.7. The Morgan fingerprint density at radius 3 is 2.38 bits per heavy atom. The molecule has 32 heavy (non-hydrogen) atoms. The lowest BCUT2D eigenvalue weighted by Crippen LogP contribution is -2.15. The van der Waals surface area contributed by atoms with Crippen LogP contribution in [0.15, 0.2) is 48.5 Å². The second-order valence-electron chi connectivity index (χ2n) is 6.86. The number of nitrogens with one attached hydrogen (secondary N) is 1. The smallest absolute Gasteiger partial charge is 0.347 e. The van der Waals surface area contributed by atoms with Crippen molar-refractivity contribution >= 4 is 56.4 Å². The maximum atomic E-state index is 12.7. The molecule has 2 aromatic carbocycles. The third-order valence-electron chi connectivity index (χ3n) is 4.31. The summed E-state index contributed by atoms with van der Waals surface area (Å²) < 4.78 is 11.5. The van der Waals surface area contributed by atoms with E-state index in [4.69, 9.17) is 21.7 Å². The van der Waals surface area contributed by atoms with Gasteiger partial charge >= 0.3 is 11.9 Å². The third-order valence-corrected chi connectivity index (χ3v) is 7.22. The molecular weight excluding hydrogens is 466 g/mol. The summed E-state index contributed by atoms with van der Waals surface area (Å²) in [7, 11) is 3.12. The zero-order chi connectivity index (χ0) is 23.1. The predicted molar refractivity (Wildman–Crippen MR) is 129 cm³/mol. The van der Waals surface area contributed by atoms with Crippen molar-refractivity contribution < 1.29 is 23.9 Å². The summed E-state index contributed by atoms with van der Waals surface area (Å²) >= 11 is 5.16. The summed E-state index contributed by atoms with van der Waals surface area (Å²) in [4.78, 5) is 37.3. The molecule has 0 atom stereocenters. The van der Waals surface area contributed by atoms with Crippen LogP contribution in [0, 0.1) is 3.82 Å². The first-order valence-corrected chi connectivity index (χ1v) is 12.5. The number of esters is 2. The maximum Gasteiger partial charge on any atom is 0.347 e. The van der Waals surface area contributed by atoms with E-state index in [2.05, 4.69) is 5.32 Å². The molecule has 166 valence electrons. The van der Waals surface area contributed by atoms with Gasteiger partial charge in [-0.15, -0.1) is 0 Å². The molecule has 0 aliphatic rings. The van der Waals surface area contributed by atoms with E-state index in [0.29, 0.717) is 17.9 Å². The molecule has 0 aliphatic carbocycles. The van der Waals surface area contributed by atoms with Crippen molar-refractivity contribution in [2.45, 2.75) is 33.1 Å². The molecule has 1 amide bonds. The fourth-order valence-corrected chi connectivity index (χ4v) is 5.19. The first-order chi connectivity index (χ1) is 15.4. The molecule has 1 N–H and O–H groups in total. The van der Waals surface area contributed by atoms with Gasteiger partial charge in [-0.05, 0) is 54.4 Å². The molecule has 0 spiro atoms. The van der Waals surface area contributed by atoms with Crippen molar-refractivity contribution in [2.24, 2.45) is 0 Å². The van der Waals surface area contributed by atoms with Gasteiger partial charge in [-0.3, -0.25) is 9.59 Å². The number of amides is 1. The van der Waals surface area contributed by atoms with E-state index in [1.807, 2.05) is 25.1 Å². The van der Waals surface area contributed by atoms with Gasteiger partial charge in [-0.25, -0.2) is 4.79 Å². The van der Waals surface area contributed by atoms with Crippen LogP contribution in [-0.2, 0) is 9.59 Å². The molecule has 1 heterocycles. The zero-order valence-corrected chi connectivity index (χ0v) is 20.0. The highest BCUT2D eigenvalue weighted by Gasteiger charge is 2.18. The zero-order valence-electron chi connectivity index (χ0n) is 17.5. The Bertz CT molecular complexity index is 1180. The standard InChI is InChI=1S/C23H21NO5S3/c1-3-4-5-21(26)24-16-8-11-18(19(12-16)28-14(2)25)23(27)29-17-9-6-15(7-10-17)20-13-22(30)32-31-20/h6-13H,3-5H2,1-2H3,(H,24,26). The van der Waals surface area contributed by atoms with Gasteiger partial charge in [0.2, 0.25) is 5.91 Å². The van der Waals surface area contributed by atoms with Crippen molar-refractivity contribution in [3.05, 3.63) is 57.9 Å². The lowest BCUT2D eigenvalue weighted by Gasteiger charge is -2.12. The molecule has 0 unspecified atom stereocenters. The number of hydrogen-bond acceptors (Lipinski definition) is 8. The number of benzene rings is 2. The molecule has 0 radical (unpaired) electrons. The molecule has 0 saturated heterocycles. The van der Waals surface area contributed by atoms with Gasteiger partial charge < -0.3 is 14.8 Å². The Morgan fingerprint density at radius 1 is 1.00 bits per heavy atom. The summed E-state index contributed by atoms with van der Waals surface area (Å²) in [6.45, 7) is 3.24.